The summed E-state index contributed by atoms with van der Waals surface area (Å²) in [6.45, 7) is 1.91. The summed E-state index contributed by atoms with van der Waals surface area (Å²) in [5, 5.41) is 0. The molecule has 30 heavy (non-hydrogen) atoms. The van der Waals surface area contributed by atoms with Gasteiger partial charge in [-0.25, -0.2) is 9.69 Å². The maximum absolute atomic E-state index is 13.4. The van der Waals surface area contributed by atoms with Crippen molar-refractivity contribution in [2.24, 2.45) is 0 Å². The van der Waals surface area contributed by atoms with Crippen LogP contribution in [-0.4, -0.2) is 24.9 Å². The number of carbonyl (C=O) groups excluding carboxylic acids is 3. The van der Waals surface area contributed by atoms with Gasteiger partial charge < -0.3 is 4.74 Å². The van der Waals surface area contributed by atoms with E-state index in [1.54, 1.807) is 60.7 Å². The standard InChI is InChI=1S/C25H19NO4/c1-16-6-5-7-19(14-16)26-23(27)21-9-4-3-8-20(21)22(24(26)28)15-17-10-12-18(13-11-17)25(29)30-2/h3-15H,1-2H3. The van der Waals surface area contributed by atoms with Crippen LogP contribution in [-0.2, 0) is 9.53 Å². The van der Waals surface area contributed by atoms with Gasteiger partial charge in [-0.1, -0.05) is 42.5 Å². The average molecular weight is 397 g/mol. The number of esters is 1. The lowest BCUT2D eigenvalue weighted by atomic mass is 9.91. The van der Waals surface area contributed by atoms with Gasteiger partial charge in [-0.15, -0.1) is 0 Å². The normalized spacial score (nSPS) is 14.6. The van der Waals surface area contributed by atoms with Gasteiger partial charge in [-0.05, 0) is 60.0 Å². The summed E-state index contributed by atoms with van der Waals surface area (Å²) in [7, 11) is 1.33. The maximum atomic E-state index is 13.4. The molecule has 3 aromatic rings. The number of hydrogen-bond donors (Lipinski definition) is 0. The molecule has 0 spiro atoms. The molecule has 1 aliphatic rings. The molecule has 3 aromatic carbocycles. The van der Waals surface area contributed by atoms with E-state index in [-0.39, 0.29) is 11.8 Å². The van der Waals surface area contributed by atoms with Crippen LogP contribution in [0.1, 0.15) is 37.4 Å². The second-order valence-corrected chi connectivity index (χ2v) is 7.00. The second kappa shape index (κ2) is 7.79. The van der Waals surface area contributed by atoms with Gasteiger partial charge in [0.15, 0.2) is 0 Å². The molecular weight excluding hydrogens is 378 g/mol. The van der Waals surface area contributed by atoms with Crippen LogP contribution in [0.5, 0.6) is 0 Å². The third-order valence-corrected chi connectivity index (χ3v) is 4.99. The molecule has 0 aliphatic carbocycles. The van der Waals surface area contributed by atoms with Crippen LogP contribution < -0.4 is 4.90 Å². The summed E-state index contributed by atoms with van der Waals surface area (Å²) in [5.74, 6) is -1.16. The number of aryl methyl sites for hydroxylation is 1. The van der Waals surface area contributed by atoms with Crippen LogP contribution in [0.3, 0.4) is 0 Å². The van der Waals surface area contributed by atoms with Crippen molar-refractivity contribution in [2.75, 3.05) is 12.0 Å². The van der Waals surface area contributed by atoms with E-state index in [0.717, 1.165) is 11.1 Å². The van der Waals surface area contributed by atoms with E-state index in [9.17, 15) is 14.4 Å². The van der Waals surface area contributed by atoms with Gasteiger partial charge in [0.05, 0.1) is 18.4 Å². The summed E-state index contributed by atoms with van der Waals surface area (Å²) < 4.78 is 4.72. The predicted molar refractivity (Wildman–Crippen MR) is 115 cm³/mol. The average Bonchev–Trinajstić information content (AvgIpc) is 2.77. The van der Waals surface area contributed by atoms with Crippen molar-refractivity contribution in [3.63, 3.8) is 0 Å². The number of methoxy groups -OCH3 is 1. The zero-order chi connectivity index (χ0) is 21.3. The van der Waals surface area contributed by atoms with Crippen molar-refractivity contribution in [1.29, 1.82) is 0 Å². The Labute approximate surface area is 174 Å². The minimum absolute atomic E-state index is 0.348. The molecule has 2 amide bonds. The molecule has 4 rings (SSSR count). The Hall–Kier alpha value is -3.99. The number of benzene rings is 3. The van der Waals surface area contributed by atoms with Crippen LogP contribution in [0, 0.1) is 6.92 Å². The Balaban J connectivity index is 1.83. The molecule has 0 saturated carbocycles. The molecule has 0 aromatic heterocycles. The molecular formula is C25H19NO4. The SMILES string of the molecule is COC(=O)c1ccc(C=C2C(=O)N(c3cccc(C)c3)C(=O)c3ccccc32)cc1. The zero-order valence-electron chi connectivity index (χ0n) is 16.6. The molecule has 0 saturated heterocycles. The highest BCUT2D eigenvalue weighted by Crippen LogP contribution is 2.33. The summed E-state index contributed by atoms with van der Waals surface area (Å²) in [5.41, 5.74) is 4.12. The summed E-state index contributed by atoms with van der Waals surface area (Å²) in [6, 6.07) is 21.1. The number of anilines is 1. The topological polar surface area (TPSA) is 63.7 Å². The molecule has 5 nitrogen and oxygen atoms in total. The van der Waals surface area contributed by atoms with E-state index >= 15 is 0 Å². The maximum Gasteiger partial charge on any atom is 0.337 e. The Morgan fingerprint density at radius 3 is 2.23 bits per heavy atom. The van der Waals surface area contributed by atoms with Gasteiger partial charge in [0.1, 0.15) is 0 Å². The van der Waals surface area contributed by atoms with Crippen molar-refractivity contribution >= 4 is 35.1 Å². The molecule has 148 valence electrons. The van der Waals surface area contributed by atoms with Gasteiger partial charge in [0.2, 0.25) is 0 Å². The largest absolute Gasteiger partial charge is 0.465 e. The summed E-state index contributed by atoms with van der Waals surface area (Å²) in [4.78, 5) is 39.4. The second-order valence-electron chi connectivity index (χ2n) is 7.00. The van der Waals surface area contributed by atoms with E-state index in [4.69, 9.17) is 4.74 Å². The number of carbonyl (C=O) groups is 3. The first-order valence-corrected chi connectivity index (χ1v) is 9.44. The fraction of sp³-hybridized carbons (Fsp3) is 0.0800. The number of ether oxygens (including phenoxy) is 1. The van der Waals surface area contributed by atoms with Crippen molar-refractivity contribution in [3.8, 4) is 0 Å². The van der Waals surface area contributed by atoms with E-state index in [0.29, 0.717) is 28.0 Å². The van der Waals surface area contributed by atoms with Crippen LogP contribution in [0.4, 0.5) is 5.69 Å². The van der Waals surface area contributed by atoms with Gasteiger partial charge >= 0.3 is 5.97 Å². The van der Waals surface area contributed by atoms with Crippen LogP contribution >= 0.6 is 0 Å². The number of nitrogens with zero attached hydrogens (tertiary/aromatic N) is 1. The van der Waals surface area contributed by atoms with Gasteiger partial charge in [-0.3, -0.25) is 9.59 Å². The molecule has 0 N–H and O–H groups in total. The minimum Gasteiger partial charge on any atom is -0.465 e. The summed E-state index contributed by atoms with van der Waals surface area (Å²) in [6.07, 6.45) is 1.73. The van der Waals surface area contributed by atoms with E-state index in [2.05, 4.69) is 0 Å². The van der Waals surface area contributed by atoms with Gasteiger partial charge in [-0.2, -0.15) is 0 Å². The van der Waals surface area contributed by atoms with Crippen molar-refractivity contribution in [3.05, 3.63) is 101 Å². The molecule has 0 fully saturated rings. The first-order chi connectivity index (χ1) is 14.5. The Morgan fingerprint density at radius 1 is 0.867 bits per heavy atom. The minimum atomic E-state index is -0.426. The highest BCUT2D eigenvalue weighted by Gasteiger charge is 2.35. The predicted octanol–water partition coefficient (Wildman–Crippen LogP) is 4.51. The quantitative estimate of drug-likeness (QED) is 0.371. The highest BCUT2D eigenvalue weighted by molar-refractivity contribution is 6.43. The molecule has 0 atom stereocenters. The third kappa shape index (κ3) is 3.42. The highest BCUT2D eigenvalue weighted by atomic mass is 16.5. The Kier molecular flexibility index (Phi) is 5.02. The lowest BCUT2D eigenvalue weighted by molar-refractivity contribution is -0.112. The fourth-order valence-corrected chi connectivity index (χ4v) is 3.49. The van der Waals surface area contributed by atoms with E-state index < -0.39 is 5.97 Å². The first-order valence-electron chi connectivity index (χ1n) is 9.44. The lowest BCUT2D eigenvalue weighted by Gasteiger charge is -2.29. The van der Waals surface area contributed by atoms with Crippen LogP contribution in [0.2, 0.25) is 0 Å². The molecule has 0 unspecified atom stereocenters. The van der Waals surface area contributed by atoms with Crippen molar-refractivity contribution in [2.45, 2.75) is 6.92 Å². The number of amides is 2. The Bertz CT molecular complexity index is 1190. The van der Waals surface area contributed by atoms with Crippen LogP contribution in [0.15, 0.2) is 72.8 Å². The molecule has 1 heterocycles. The van der Waals surface area contributed by atoms with Gasteiger partial charge in [0.25, 0.3) is 11.8 Å². The lowest BCUT2D eigenvalue weighted by Crippen LogP contribution is -2.41. The summed E-state index contributed by atoms with van der Waals surface area (Å²) >= 11 is 0. The van der Waals surface area contributed by atoms with E-state index in [1.807, 2.05) is 25.1 Å². The molecule has 0 radical (unpaired) electrons. The first kappa shape index (κ1) is 19.3. The monoisotopic (exact) mass is 397 g/mol. The van der Waals surface area contributed by atoms with E-state index in [1.165, 1.54) is 12.0 Å². The third-order valence-electron chi connectivity index (χ3n) is 4.99. The number of imide groups is 1. The molecule has 1 aliphatic heterocycles. The fourth-order valence-electron chi connectivity index (χ4n) is 3.49. The molecule has 5 heteroatoms. The molecule has 0 bridgehead atoms. The van der Waals surface area contributed by atoms with Crippen molar-refractivity contribution < 1.29 is 19.1 Å². The van der Waals surface area contributed by atoms with Crippen LogP contribution in [0.25, 0.3) is 11.6 Å². The number of hydrogen-bond acceptors (Lipinski definition) is 4. The smallest absolute Gasteiger partial charge is 0.337 e. The zero-order valence-corrected chi connectivity index (χ0v) is 16.6. The number of rotatable bonds is 3. The number of fused-ring (bicyclic) bond motifs is 1. The van der Waals surface area contributed by atoms with Crippen molar-refractivity contribution in [1.82, 2.24) is 0 Å². The Morgan fingerprint density at radius 2 is 1.57 bits per heavy atom. The van der Waals surface area contributed by atoms with Gasteiger partial charge in [0, 0.05) is 11.1 Å².